The molecule has 0 aromatic rings. The van der Waals surface area contributed by atoms with E-state index in [0.717, 1.165) is 51.4 Å². The summed E-state index contributed by atoms with van der Waals surface area (Å²) >= 11 is 0. The Balaban J connectivity index is 1.10. The third-order valence-electron chi connectivity index (χ3n) is 13.0. The summed E-state index contributed by atoms with van der Waals surface area (Å²) in [4.78, 5) is 0. The number of aliphatic hydroxyl groups is 8. The number of hydrogen-bond acceptors (Lipinski definition) is 12. The van der Waals surface area contributed by atoms with Crippen LogP contribution in [0.2, 0.25) is 0 Å². The zero-order valence-corrected chi connectivity index (χ0v) is 26.6. The van der Waals surface area contributed by atoms with E-state index in [4.69, 9.17) is 18.9 Å². The zero-order chi connectivity index (χ0) is 32.4. The molecule has 5 fully saturated rings. The van der Waals surface area contributed by atoms with Crippen molar-refractivity contribution in [3.63, 3.8) is 0 Å². The molecule has 2 heterocycles. The Morgan fingerprint density at radius 3 is 2.18 bits per heavy atom. The van der Waals surface area contributed by atoms with Gasteiger partial charge in [-0.3, -0.25) is 0 Å². The molecule has 18 atom stereocenters. The van der Waals surface area contributed by atoms with Crippen molar-refractivity contribution < 1.29 is 59.8 Å². The van der Waals surface area contributed by atoms with E-state index in [0.29, 0.717) is 17.8 Å². The number of ether oxygens (including phenoxy) is 4. The maximum Gasteiger partial charge on any atom is 0.186 e. The number of rotatable bonds is 7. The molecule has 45 heavy (non-hydrogen) atoms. The van der Waals surface area contributed by atoms with E-state index in [2.05, 4.69) is 19.9 Å². The Hall–Kier alpha value is -0.740. The molecule has 6 rings (SSSR count). The van der Waals surface area contributed by atoms with Crippen molar-refractivity contribution in [3.05, 3.63) is 11.6 Å². The molecule has 2 aliphatic heterocycles. The van der Waals surface area contributed by atoms with Gasteiger partial charge in [0.15, 0.2) is 12.6 Å². The fraction of sp³-hybridized carbons (Fsp3) is 0.939. The van der Waals surface area contributed by atoms with Gasteiger partial charge in [0.2, 0.25) is 0 Å². The summed E-state index contributed by atoms with van der Waals surface area (Å²) in [5.74, 6) is 1.95. The van der Waals surface area contributed by atoms with Crippen molar-refractivity contribution in [2.45, 2.75) is 146 Å². The maximum absolute atomic E-state index is 10.8. The normalized spacial score (nSPS) is 54.0. The topological polar surface area (TPSA) is 199 Å². The molecule has 12 nitrogen and oxygen atoms in total. The van der Waals surface area contributed by atoms with Crippen LogP contribution in [0, 0.1) is 34.5 Å². The van der Waals surface area contributed by atoms with Gasteiger partial charge in [0.25, 0.3) is 0 Å². The van der Waals surface area contributed by atoms with Crippen LogP contribution in [0.3, 0.4) is 0 Å². The predicted molar refractivity (Wildman–Crippen MR) is 158 cm³/mol. The Bertz CT molecular complexity index is 1070. The molecule has 258 valence electrons. The molecule has 0 amide bonds. The van der Waals surface area contributed by atoms with Crippen LogP contribution in [0.5, 0.6) is 0 Å². The molecule has 18 unspecified atom stereocenters. The third-order valence-corrected chi connectivity index (χ3v) is 13.0. The number of aliphatic hydroxyl groups excluding tert-OH is 8. The van der Waals surface area contributed by atoms with Crippen LogP contribution in [0.15, 0.2) is 11.6 Å². The molecule has 6 aliphatic rings. The number of fused-ring (bicyclic) bond motifs is 5. The monoisotopic (exact) mass is 642 g/mol. The van der Waals surface area contributed by atoms with Crippen molar-refractivity contribution in [1.29, 1.82) is 0 Å². The molecule has 4 aliphatic carbocycles. The minimum absolute atomic E-state index is 0.0415. The lowest BCUT2D eigenvalue weighted by molar-refractivity contribution is -0.337. The summed E-state index contributed by atoms with van der Waals surface area (Å²) in [6, 6.07) is 0. The van der Waals surface area contributed by atoms with Crippen molar-refractivity contribution in [2.75, 3.05) is 13.2 Å². The van der Waals surface area contributed by atoms with E-state index in [1.165, 1.54) is 5.57 Å². The van der Waals surface area contributed by atoms with Gasteiger partial charge in [0, 0.05) is 0 Å². The van der Waals surface area contributed by atoms with Gasteiger partial charge in [0.05, 0.1) is 25.4 Å². The maximum atomic E-state index is 10.8. The number of allylic oxidation sites excluding steroid dienone is 1. The largest absolute Gasteiger partial charge is 0.394 e. The summed E-state index contributed by atoms with van der Waals surface area (Å²) in [5.41, 5.74) is 1.65. The van der Waals surface area contributed by atoms with Crippen molar-refractivity contribution in [1.82, 2.24) is 0 Å². The SMILES string of the molecule is CC(OC1OC(COC2OC(CO)C(O)C(O)C2O)C(O)C(O)C1O)C1CCC2C3CC=C4CC(O)CCC4(C)C3CCC12C. The standard InChI is InChI=1S/C33H54O12/c1-15(19-6-7-20-18-5-4-16-12-17(35)8-10-32(16,2)21(18)9-11-33(19,20)3)43-31-29(41)27(39)25(37)23(45-31)14-42-30-28(40)26(38)24(36)22(13-34)44-30/h4,15,17-31,34-41H,5-14H2,1-3H3. The summed E-state index contributed by atoms with van der Waals surface area (Å²) in [6.45, 7) is 5.78. The first kappa shape index (κ1) is 34.1. The van der Waals surface area contributed by atoms with Crippen LogP contribution >= 0.6 is 0 Å². The molecular formula is C33H54O12. The summed E-state index contributed by atoms with van der Waals surface area (Å²) in [5, 5.41) is 82.3. The third kappa shape index (κ3) is 5.84. The second-order valence-corrected chi connectivity index (χ2v) is 15.3. The highest BCUT2D eigenvalue weighted by Crippen LogP contribution is 2.66. The van der Waals surface area contributed by atoms with Gasteiger partial charge in [-0.05, 0) is 92.8 Å². The molecule has 0 aromatic carbocycles. The highest BCUT2D eigenvalue weighted by molar-refractivity contribution is 5.25. The van der Waals surface area contributed by atoms with Gasteiger partial charge in [-0.2, -0.15) is 0 Å². The molecule has 0 spiro atoms. The fourth-order valence-electron chi connectivity index (χ4n) is 10.3. The average molecular weight is 643 g/mol. The molecule has 12 heteroatoms. The summed E-state index contributed by atoms with van der Waals surface area (Å²) < 4.78 is 23.2. The first-order valence-electron chi connectivity index (χ1n) is 16.9. The lowest BCUT2D eigenvalue weighted by atomic mass is 9.47. The van der Waals surface area contributed by atoms with Gasteiger partial charge in [-0.15, -0.1) is 0 Å². The molecule has 3 saturated carbocycles. The minimum Gasteiger partial charge on any atom is -0.394 e. The lowest BCUT2D eigenvalue weighted by Gasteiger charge is -2.58. The van der Waals surface area contributed by atoms with E-state index in [9.17, 15) is 40.9 Å². The van der Waals surface area contributed by atoms with Crippen LogP contribution in [0.4, 0.5) is 0 Å². The summed E-state index contributed by atoms with van der Waals surface area (Å²) in [6.07, 6.45) is -4.46. The van der Waals surface area contributed by atoms with Gasteiger partial charge in [-0.1, -0.05) is 25.5 Å². The minimum atomic E-state index is -1.63. The molecule has 2 saturated heterocycles. The molecule has 0 bridgehead atoms. The van der Waals surface area contributed by atoms with Gasteiger partial charge < -0.3 is 59.8 Å². The van der Waals surface area contributed by atoms with E-state index < -0.39 is 68.0 Å². The van der Waals surface area contributed by atoms with E-state index in [1.807, 2.05) is 6.92 Å². The van der Waals surface area contributed by atoms with Crippen LogP contribution in [-0.2, 0) is 18.9 Å². The Morgan fingerprint density at radius 1 is 0.800 bits per heavy atom. The lowest BCUT2D eigenvalue weighted by Crippen LogP contribution is -2.62. The van der Waals surface area contributed by atoms with Crippen LogP contribution in [0.1, 0.15) is 72.1 Å². The van der Waals surface area contributed by atoms with Gasteiger partial charge in [0.1, 0.15) is 48.8 Å². The molecule has 0 radical (unpaired) electrons. The van der Waals surface area contributed by atoms with Crippen LogP contribution in [0.25, 0.3) is 0 Å². The molecular weight excluding hydrogens is 588 g/mol. The first-order chi connectivity index (χ1) is 21.3. The fourth-order valence-corrected chi connectivity index (χ4v) is 10.3. The van der Waals surface area contributed by atoms with Crippen molar-refractivity contribution in [3.8, 4) is 0 Å². The van der Waals surface area contributed by atoms with E-state index >= 15 is 0 Å². The van der Waals surface area contributed by atoms with Gasteiger partial charge in [-0.25, -0.2) is 0 Å². The van der Waals surface area contributed by atoms with Crippen molar-refractivity contribution >= 4 is 0 Å². The quantitative estimate of drug-likeness (QED) is 0.173. The summed E-state index contributed by atoms with van der Waals surface area (Å²) in [7, 11) is 0. The van der Waals surface area contributed by atoms with Crippen LogP contribution < -0.4 is 0 Å². The number of hydrogen-bond donors (Lipinski definition) is 8. The Morgan fingerprint density at radius 2 is 1.47 bits per heavy atom. The predicted octanol–water partition coefficient (Wildman–Crippen LogP) is -0.0445. The highest BCUT2D eigenvalue weighted by atomic mass is 16.7. The zero-order valence-electron chi connectivity index (χ0n) is 26.6. The second kappa shape index (κ2) is 12.9. The molecule has 0 aromatic heterocycles. The Labute approximate surface area is 265 Å². The second-order valence-electron chi connectivity index (χ2n) is 15.3. The highest BCUT2D eigenvalue weighted by Gasteiger charge is 2.60. The Kier molecular flexibility index (Phi) is 9.82. The first-order valence-corrected chi connectivity index (χ1v) is 16.9. The molecule has 8 N–H and O–H groups in total. The van der Waals surface area contributed by atoms with E-state index in [-0.39, 0.29) is 35.6 Å². The van der Waals surface area contributed by atoms with Gasteiger partial charge >= 0.3 is 0 Å². The smallest absolute Gasteiger partial charge is 0.186 e. The van der Waals surface area contributed by atoms with Crippen LogP contribution in [-0.4, -0.2) is 128 Å². The van der Waals surface area contributed by atoms with Crippen molar-refractivity contribution in [2.24, 2.45) is 34.5 Å². The van der Waals surface area contributed by atoms with E-state index in [1.54, 1.807) is 0 Å². The average Bonchev–Trinajstić information content (AvgIpc) is 3.38.